The van der Waals surface area contributed by atoms with E-state index in [1.807, 2.05) is 6.20 Å². The molecule has 0 bridgehead atoms. The first kappa shape index (κ1) is 5.59. The Morgan fingerprint density at radius 3 is 3.00 bits per heavy atom. The molecule has 0 spiro atoms. The predicted octanol–water partition coefficient (Wildman–Crippen LogP) is -0.327. The van der Waals surface area contributed by atoms with Crippen LogP contribution in [0.3, 0.4) is 0 Å². The second-order valence-corrected chi connectivity index (χ2v) is 1.87. The Morgan fingerprint density at radius 1 is 1.75 bits per heavy atom. The summed E-state index contributed by atoms with van der Waals surface area (Å²) in [4.78, 5) is 0. The standard InChI is InChI=1S/C5H11N3/c6-8-5-3-1-2-4-7-5/h2,4-5,7-8H,1,3,6H2. The lowest BCUT2D eigenvalue weighted by Crippen LogP contribution is -2.44. The van der Waals surface area contributed by atoms with Gasteiger partial charge in [0.2, 0.25) is 0 Å². The first-order chi connectivity index (χ1) is 3.93. The van der Waals surface area contributed by atoms with Gasteiger partial charge in [-0.1, -0.05) is 6.08 Å². The Labute approximate surface area is 48.9 Å². The smallest absolute Gasteiger partial charge is 0.0891 e. The topological polar surface area (TPSA) is 50.1 Å². The van der Waals surface area contributed by atoms with Crippen LogP contribution in [0, 0.1) is 0 Å². The fourth-order valence-corrected chi connectivity index (χ4v) is 0.745. The highest BCUT2D eigenvalue weighted by molar-refractivity contribution is 4.88. The highest BCUT2D eigenvalue weighted by Crippen LogP contribution is 1.98. The molecule has 0 aliphatic carbocycles. The molecule has 0 amide bonds. The number of hydrogen-bond donors (Lipinski definition) is 3. The van der Waals surface area contributed by atoms with Crippen LogP contribution in [0.15, 0.2) is 12.3 Å². The molecule has 0 radical (unpaired) electrons. The first-order valence-electron chi connectivity index (χ1n) is 2.80. The highest BCUT2D eigenvalue weighted by atomic mass is 15.3. The van der Waals surface area contributed by atoms with Crippen molar-refractivity contribution in [1.29, 1.82) is 0 Å². The summed E-state index contributed by atoms with van der Waals surface area (Å²) in [6.45, 7) is 0. The maximum Gasteiger partial charge on any atom is 0.0891 e. The molecule has 1 aliphatic rings. The minimum atomic E-state index is 0.278. The van der Waals surface area contributed by atoms with Crippen LogP contribution in [0.5, 0.6) is 0 Å². The van der Waals surface area contributed by atoms with Gasteiger partial charge in [0.15, 0.2) is 0 Å². The van der Waals surface area contributed by atoms with E-state index >= 15 is 0 Å². The van der Waals surface area contributed by atoms with Crippen LogP contribution in [0.4, 0.5) is 0 Å². The van der Waals surface area contributed by atoms with E-state index in [2.05, 4.69) is 16.8 Å². The van der Waals surface area contributed by atoms with Gasteiger partial charge in [-0.3, -0.25) is 5.84 Å². The SMILES string of the molecule is NNC1CCC=CN1. The summed E-state index contributed by atoms with van der Waals surface area (Å²) >= 11 is 0. The molecule has 46 valence electrons. The third-order valence-corrected chi connectivity index (χ3v) is 1.24. The second-order valence-electron chi connectivity index (χ2n) is 1.87. The van der Waals surface area contributed by atoms with E-state index in [-0.39, 0.29) is 6.17 Å². The lowest BCUT2D eigenvalue weighted by atomic mass is 10.2. The summed E-state index contributed by atoms with van der Waals surface area (Å²) in [6.07, 6.45) is 6.48. The van der Waals surface area contributed by atoms with Crippen molar-refractivity contribution in [2.24, 2.45) is 5.84 Å². The minimum Gasteiger partial charge on any atom is -0.375 e. The lowest BCUT2D eigenvalue weighted by molar-refractivity contribution is 0.442. The van der Waals surface area contributed by atoms with Crippen LogP contribution >= 0.6 is 0 Å². The molecule has 4 N–H and O–H groups in total. The molecule has 1 atom stereocenters. The third-order valence-electron chi connectivity index (χ3n) is 1.24. The van der Waals surface area contributed by atoms with Crippen molar-refractivity contribution in [1.82, 2.24) is 10.7 Å². The van der Waals surface area contributed by atoms with Gasteiger partial charge in [-0.25, -0.2) is 5.43 Å². The van der Waals surface area contributed by atoms with E-state index < -0.39 is 0 Å². The molecular weight excluding hydrogens is 102 g/mol. The Morgan fingerprint density at radius 2 is 2.62 bits per heavy atom. The average Bonchev–Trinajstić information content (AvgIpc) is 1.90. The van der Waals surface area contributed by atoms with Crippen molar-refractivity contribution in [3.63, 3.8) is 0 Å². The van der Waals surface area contributed by atoms with Crippen LogP contribution in [0.2, 0.25) is 0 Å². The summed E-state index contributed by atoms with van der Waals surface area (Å²) in [7, 11) is 0. The molecule has 1 aliphatic heterocycles. The van der Waals surface area contributed by atoms with Gasteiger partial charge < -0.3 is 5.32 Å². The summed E-state index contributed by atoms with van der Waals surface area (Å²) in [6, 6.07) is 0. The number of rotatable bonds is 1. The molecule has 3 heteroatoms. The fraction of sp³-hybridized carbons (Fsp3) is 0.600. The number of nitrogens with two attached hydrogens (primary N) is 1. The number of nitrogens with one attached hydrogen (secondary N) is 2. The molecule has 1 heterocycles. The normalized spacial score (nSPS) is 27.4. The van der Waals surface area contributed by atoms with Crippen LogP contribution in [0.1, 0.15) is 12.8 Å². The molecule has 1 unspecified atom stereocenters. The van der Waals surface area contributed by atoms with E-state index in [4.69, 9.17) is 5.84 Å². The number of hydrazine groups is 1. The molecule has 3 nitrogen and oxygen atoms in total. The summed E-state index contributed by atoms with van der Waals surface area (Å²) in [5.74, 6) is 5.16. The molecule has 8 heavy (non-hydrogen) atoms. The van der Waals surface area contributed by atoms with Gasteiger partial charge >= 0.3 is 0 Å². The monoisotopic (exact) mass is 113 g/mol. The van der Waals surface area contributed by atoms with E-state index in [1.165, 1.54) is 0 Å². The zero-order chi connectivity index (χ0) is 5.82. The van der Waals surface area contributed by atoms with Gasteiger partial charge in [0, 0.05) is 0 Å². The molecule has 0 aromatic carbocycles. The molecule has 0 saturated carbocycles. The molecule has 0 saturated heterocycles. The Bertz CT molecular complexity index is 89.7. The zero-order valence-corrected chi connectivity index (χ0v) is 4.72. The molecular formula is C5H11N3. The largest absolute Gasteiger partial charge is 0.375 e. The van der Waals surface area contributed by atoms with Gasteiger partial charge in [0.25, 0.3) is 0 Å². The van der Waals surface area contributed by atoms with Crippen molar-refractivity contribution in [2.75, 3.05) is 0 Å². The van der Waals surface area contributed by atoms with Crippen molar-refractivity contribution < 1.29 is 0 Å². The second kappa shape index (κ2) is 2.69. The van der Waals surface area contributed by atoms with E-state index in [1.54, 1.807) is 0 Å². The molecule has 0 aromatic heterocycles. The van der Waals surface area contributed by atoms with Crippen molar-refractivity contribution in [3.05, 3.63) is 12.3 Å². The predicted molar refractivity (Wildman–Crippen MR) is 32.6 cm³/mol. The number of allylic oxidation sites excluding steroid dienone is 1. The van der Waals surface area contributed by atoms with Crippen LogP contribution in [-0.2, 0) is 0 Å². The summed E-state index contributed by atoms with van der Waals surface area (Å²) in [5, 5.41) is 3.05. The maximum atomic E-state index is 5.16. The Hall–Kier alpha value is -0.540. The summed E-state index contributed by atoms with van der Waals surface area (Å²) < 4.78 is 0. The molecule has 1 rings (SSSR count). The first-order valence-corrected chi connectivity index (χ1v) is 2.80. The highest BCUT2D eigenvalue weighted by Gasteiger charge is 2.03. The Balaban J connectivity index is 2.27. The fourth-order valence-electron chi connectivity index (χ4n) is 0.745. The quantitative estimate of drug-likeness (QED) is 0.322. The Kier molecular flexibility index (Phi) is 1.88. The lowest BCUT2D eigenvalue weighted by Gasteiger charge is -2.18. The third kappa shape index (κ3) is 1.21. The molecule has 0 fully saturated rings. The van der Waals surface area contributed by atoms with Gasteiger partial charge in [-0.05, 0) is 19.0 Å². The van der Waals surface area contributed by atoms with Gasteiger partial charge in [-0.2, -0.15) is 0 Å². The number of hydrogen-bond acceptors (Lipinski definition) is 3. The van der Waals surface area contributed by atoms with E-state index in [0.29, 0.717) is 0 Å². The van der Waals surface area contributed by atoms with Gasteiger partial charge in [0.05, 0.1) is 6.17 Å². The van der Waals surface area contributed by atoms with E-state index in [9.17, 15) is 0 Å². The van der Waals surface area contributed by atoms with Crippen molar-refractivity contribution >= 4 is 0 Å². The van der Waals surface area contributed by atoms with Crippen molar-refractivity contribution in [2.45, 2.75) is 19.0 Å². The maximum absolute atomic E-state index is 5.16. The van der Waals surface area contributed by atoms with E-state index in [0.717, 1.165) is 12.8 Å². The average molecular weight is 113 g/mol. The summed E-state index contributed by atoms with van der Waals surface area (Å²) in [5.41, 5.74) is 2.64. The van der Waals surface area contributed by atoms with Gasteiger partial charge in [0.1, 0.15) is 0 Å². The minimum absolute atomic E-state index is 0.278. The van der Waals surface area contributed by atoms with Gasteiger partial charge in [-0.15, -0.1) is 0 Å². The van der Waals surface area contributed by atoms with Crippen LogP contribution < -0.4 is 16.6 Å². The zero-order valence-electron chi connectivity index (χ0n) is 4.72. The van der Waals surface area contributed by atoms with Crippen molar-refractivity contribution in [3.8, 4) is 0 Å². The van der Waals surface area contributed by atoms with Crippen LogP contribution in [-0.4, -0.2) is 6.17 Å². The van der Waals surface area contributed by atoms with Crippen LogP contribution in [0.25, 0.3) is 0 Å². The molecule has 0 aromatic rings.